The second-order valence-electron chi connectivity index (χ2n) is 22.0. The Morgan fingerprint density at radius 3 is 1.26 bits per heavy atom. The summed E-state index contributed by atoms with van der Waals surface area (Å²) < 4.78 is 23.3. The molecule has 0 fully saturated rings. The van der Waals surface area contributed by atoms with Gasteiger partial charge in [0.05, 0.1) is 39.9 Å². The molecule has 74 heavy (non-hydrogen) atoms. The van der Waals surface area contributed by atoms with Crippen LogP contribution >= 0.6 is 7.82 Å². The van der Waals surface area contributed by atoms with Gasteiger partial charge in [0.25, 0.3) is 7.82 Å². The quantitative estimate of drug-likeness (QED) is 0.0272. The summed E-state index contributed by atoms with van der Waals surface area (Å²) in [5, 5.41) is 13.9. The van der Waals surface area contributed by atoms with E-state index in [-0.39, 0.29) is 12.5 Å². The van der Waals surface area contributed by atoms with Crippen molar-refractivity contribution in [2.75, 3.05) is 40.9 Å². The van der Waals surface area contributed by atoms with E-state index in [2.05, 4.69) is 92.1 Å². The number of likely N-dealkylation sites (N-methyl/N-ethyl adjacent to an activating group) is 1. The van der Waals surface area contributed by atoms with Crippen molar-refractivity contribution in [1.82, 2.24) is 5.32 Å². The van der Waals surface area contributed by atoms with Crippen LogP contribution in [0.1, 0.15) is 271 Å². The number of aliphatic hydroxyl groups is 1. The number of allylic oxidation sites excluding steroid dienone is 13. The second-order valence-corrected chi connectivity index (χ2v) is 23.4. The lowest BCUT2D eigenvalue weighted by Crippen LogP contribution is -2.45. The predicted octanol–water partition coefficient (Wildman–Crippen LogP) is 18.6. The van der Waals surface area contributed by atoms with E-state index in [1.807, 2.05) is 27.2 Å². The minimum Gasteiger partial charge on any atom is -0.756 e. The van der Waals surface area contributed by atoms with Crippen molar-refractivity contribution >= 4 is 13.7 Å². The first-order chi connectivity index (χ1) is 36.0. The molecule has 1 amide bonds. The topological polar surface area (TPSA) is 108 Å². The van der Waals surface area contributed by atoms with Gasteiger partial charge in [0, 0.05) is 6.42 Å². The van der Waals surface area contributed by atoms with E-state index in [1.165, 1.54) is 161 Å². The van der Waals surface area contributed by atoms with Gasteiger partial charge < -0.3 is 28.8 Å². The molecule has 0 heterocycles. The molecule has 0 aliphatic rings. The van der Waals surface area contributed by atoms with Gasteiger partial charge in [0.2, 0.25) is 5.91 Å². The van der Waals surface area contributed by atoms with E-state index >= 15 is 0 Å². The summed E-state index contributed by atoms with van der Waals surface area (Å²) in [5.74, 6) is -0.227. The average Bonchev–Trinajstić information content (AvgIpc) is 3.36. The zero-order valence-corrected chi connectivity index (χ0v) is 49.9. The van der Waals surface area contributed by atoms with Crippen molar-refractivity contribution in [3.8, 4) is 0 Å². The number of quaternary nitrogens is 1. The second kappa shape index (κ2) is 55.4. The fourth-order valence-corrected chi connectivity index (χ4v) is 9.51. The molecule has 0 bridgehead atoms. The lowest BCUT2D eigenvalue weighted by molar-refractivity contribution is -0.870. The number of carbonyl (C=O) groups excluding carboxylic acids is 1. The summed E-state index contributed by atoms with van der Waals surface area (Å²) in [4.78, 5) is 25.5. The summed E-state index contributed by atoms with van der Waals surface area (Å²) in [5.41, 5.74) is 0. The molecule has 0 radical (unpaired) electrons. The molecule has 3 atom stereocenters. The molecule has 0 aliphatic heterocycles. The number of amides is 1. The third-order valence-corrected chi connectivity index (χ3v) is 14.6. The lowest BCUT2D eigenvalue weighted by atomic mass is 10.0. The van der Waals surface area contributed by atoms with Crippen LogP contribution in [0.2, 0.25) is 0 Å². The maximum Gasteiger partial charge on any atom is 0.268 e. The summed E-state index contributed by atoms with van der Waals surface area (Å²) in [6, 6.07) is -0.921. The zero-order chi connectivity index (χ0) is 54.2. The van der Waals surface area contributed by atoms with E-state index in [4.69, 9.17) is 9.05 Å². The number of hydrogen-bond acceptors (Lipinski definition) is 6. The normalized spacial score (nSPS) is 14.4. The van der Waals surface area contributed by atoms with Gasteiger partial charge in [-0.05, 0) is 77.0 Å². The third-order valence-electron chi connectivity index (χ3n) is 13.6. The van der Waals surface area contributed by atoms with Gasteiger partial charge in [-0.25, -0.2) is 0 Å². The fourth-order valence-electron chi connectivity index (χ4n) is 8.79. The number of nitrogens with one attached hydrogen (secondary N) is 1. The Balaban J connectivity index is 4.21. The van der Waals surface area contributed by atoms with Crippen molar-refractivity contribution in [3.63, 3.8) is 0 Å². The van der Waals surface area contributed by atoms with Crippen molar-refractivity contribution < 1.29 is 32.9 Å². The maximum atomic E-state index is 13.0. The van der Waals surface area contributed by atoms with Gasteiger partial charge in [-0.3, -0.25) is 9.36 Å². The van der Waals surface area contributed by atoms with Gasteiger partial charge in [-0.2, -0.15) is 0 Å². The van der Waals surface area contributed by atoms with Crippen LogP contribution in [0, 0.1) is 0 Å². The molecule has 9 heteroatoms. The monoisotopic (exact) mass is 1050 g/mol. The highest BCUT2D eigenvalue weighted by molar-refractivity contribution is 7.45. The summed E-state index contributed by atoms with van der Waals surface area (Å²) in [6.45, 7) is 4.51. The van der Waals surface area contributed by atoms with E-state index in [0.717, 1.165) is 89.9 Å². The van der Waals surface area contributed by atoms with Crippen molar-refractivity contribution in [2.45, 2.75) is 283 Å². The Kier molecular flexibility index (Phi) is 53.7. The number of hydrogen-bond donors (Lipinski definition) is 2. The first-order valence-corrected chi connectivity index (χ1v) is 32.4. The Morgan fingerprint density at radius 2 is 0.838 bits per heavy atom. The number of phosphoric acid groups is 1. The van der Waals surface area contributed by atoms with Crippen LogP contribution in [0.5, 0.6) is 0 Å². The largest absolute Gasteiger partial charge is 0.756 e. The molecule has 2 N–H and O–H groups in total. The minimum atomic E-state index is -4.62. The average molecular weight is 1060 g/mol. The lowest BCUT2D eigenvalue weighted by Gasteiger charge is -2.29. The van der Waals surface area contributed by atoms with Crippen molar-refractivity contribution in [1.29, 1.82) is 0 Å². The van der Waals surface area contributed by atoms with Gasteiger partial charge in [-0.1, -0.05) is 272 Å². The van der Waals surface area contributed by atoms with Gasteiger partial charge in [0.1, 0.15) is 13.2 Å². The van der Waals surface area contributed by atoms with Crippen LogP contribution in [-0.2, 0) is 18.4 Å². The Bertz CT molecular complexity index is 1480. The number of carbonyl (C=O) groups is 1. The highest BCUT2D eigenvalue weighted by Crippen LogP contribution is 2.38. The molecule has 0 aromatic carbocycles. The van der Waals surface area contributed by atoms with Crippen LogP contribution in [-0.4, -0.2) is 68.5 Å². The fraction of sp³-hybridized carbons (Fsp3) is 0.769. The molecule has 0 saturated carbocycles. The minimum absolute atomic E-state index is 0.0146. The standard InChI is InChI=1S/C65H119N2O6P/c1-6-8-10-12-14-16-18-20-22-24-26-28-29-30-31-32-33-34-35-36-37-39-40-42-44-46-48-50-52-54-56-58-64(68)63(62-73-74(70,71)72-61-60-67(3,4)5)66-65(69)59-57-55-53-51-49-47-45-43-41-38-27-25-23-21-19-17-15-13-11-9-7-2/h9,11,15,17,21,23,27,38,43,45,48,50,56,58,63-64,68H,6-8,10,12-14,16,18-20,22,24-26,28-37,39-42,44,46-47,49,51-55,57,59-62H2,1-5H3,(H-,66,69,70,71)/b11-9-,17-15-,23-21-,38-27-,45-43-,50-48+,58-56+. The molecule has 0 aliphatic carbocycles. The molecule has 0 spiro atoms. The molecular formula is C65H119N2O6P. The summed E-state index contributed by atoms with van der Waals surface area (Å²) >= 11 is 0. The molecule has 3 unspecified atom stereocenters. The number of nitrogens with zero attached hydrogens (tertiary/aromatic N) is 1. The Morgan fingerprint density at radius 1 is 0.486 bits per heavy atom. The van der Waals surface area contributed by atoms with Crippen LogP contribution in [0.3, 0.4) is 0 Å². The zero-order valence-electron chi connectivity index (χ0n) is 49.0. The maximum absolute atomic E-state index is 13.0. The van der Waals surface area contributed by atoms with Crippen LogP contribution in [0.4, 0.5) is 0 Å². The highest BCUT2D eigenvalue weighted by atomic mass is 31.2. The number of rotatable bonds is 56. The smallest absolute Gasteiger partial charge is 0.268 e. The van der Waals surface area contributed by atoms with Crippen LogP contribution in [0.25, 0.3) is 0 Å². The van der Waals surface area contributed by atoms with Gasteiger partial charge >= 0.3 is 0 Å². The Labute approximate surface area is 458 Å². The van der Waals surface area contributed by atoms with Crippen molar-refractivity contribution in [3.05, 3.63) is 85.1 Å². The first kappa shape index (κ1) is 71.7. The van der Waals surface area contributed by atoms with E-state index in [0.29, 0.717) is 17.4 Å². The Hall–Kier alpha value is -2.32. The SMILES string of the molecule is CC/C=C\C/C=C\C/C=C\C/C=C\C/C=C\CCCCCCCC(=O)NC(COP(=O)([O-])OCC[N+](C)(C)C)C(O)/C=C/CC/C=C/CCCCCCCCCCCCCCCCCCCCCCCCCCC. The summed E-state index contributed by atoms with van der Waals surface area (Å²) in [7, 11) is 1.22. The van der Waals surface area contributed by atoms with Crippen LogP contribution in [0.15, 0.2) is 85.1 Å². The molecule has 0 aromatic heterocycles. The first-order valence-electron chi connectivity index (χ1n) is 30.9. The van der Waals surface area contributed by atoms with E-state index < -0.39 is 26.6 Å². The van der Waals surface area contributed by atoms with Crippen molar-refractivity contribution in [2.24, 2.45) is 0 Å². The molecular weight excluding hydrogens is 936 g/mol. The summed E-state index contributed by atoms with van der Waals surface area (Å²) in [6.07, 6.45) is 78.3. The third kappa shape index (κ3) is 57.4. The van der Waals surface area contributed by atoms with E-state index in [1.54, 1.807) is 6.08 Å². The number of phosphoric ester groups is 1. The number of unbranched alkanes of at least 4 members (excludes halogenated alkanes) is 31. The molecule has 0 aromatic rings. The highest BCUT2D eigenvalue weighted by Gasteiger charge is 2.23. The molecule has 0 rings (SSSR count). The number of aliphatic hydroxyl groups excluding tert-OH is 1. The molecule has 8 nitrogen and oxygen atoms in total. The molecule has 430 valence electrons. The molecule has 0 saturated heterocycles. The van der Waals surface area contributed by atoms with Crippen LogP contribution < -0.4 is 10.2 Å². The van der Waals surface area contributed by atoms with E-state index in [9.17, 15) is 19.4 Å². The van der Waals surface area contributed by atoms with Gasteiger partial charge in [0.15, 0.2) is 0 Å². The predicted molar refractivity (Wildman–Crippen MR) is 320 cm³/mol. The van der Waals surface area contributed by atoms with Gasteiger partial charge in [-0.15, -0.1) is 0 Å².